The van der Waals surface area contributed by atoms with E-state index in [1.54, 1.807) is 20.8 Å². The summed E-state index contributed by atoms with van der Waals surface area (Å²) in [6.07, 6.45) is -3.24. The van der Waals surface area contributed by atoms with E-state index in [-0.39, 0.29) is 11.9 Å². The van der Waals surface area contributed by atoms with Crippen molar-refractivity contribution in [3.05, 3.63) is 41.2 Å². The number of nitrogens with two attached hydrogens (primary N) is 1. The third-order valence-electron chi connectivity index (χ3n) is 3.57. The van der Waals surface area contributed by atoms with Crippen LogP contribution in [0.4, 0.5) is 18.9 Å². The van der Waals surface area contributed by atoms with E-state index in [4.69, 9.17) is 10.7 Å². The monoisotopic (exact) mass is 344 g/mol. The van der Waals surface area contributed by atoms with Gasteiger partial charge in [-0.05, 0) is 51.5 Å². The highest BCUT2D eigenvalue weighted by Crippen LogP contribution is 2.31. The number of rotatable bonds is 6. The van der Waals surface area contributed by atoms with E-state index in [1.807, 2.05) is 6.92 Å². The van der Waals surface area contributed by atoms with Gasteiger partial charge in [-0.15, -0.1) is 0 Å². The van der Waals surface area contributed by atoms with Gasteiger partial charge in [0.1, 0.15) is 5.76 Å². The van der Waals surface area contributed by atoms with Crippen LogP contribution in [-0.2, 0) is 15.8 Å². The van der Waals surface area contributed by atoms with Crippen LogP contribution < -0.4 is 10.8 Å². The lowest BCUT2D eigenvalue weighted by molar-refractivity contribution is -0.137. The molecule has 0 saturated heterocycles. The van der Waals surface area contributed by atoms with Crippen molar-refractivity contribution in [3.8, 4) is 0 Å². The van der Waals surface area contributed by atoms with Crippen molar-refractivity contribution in [2.24, 2.45) is 5.90 Å². The Hall–Kier alpha value is -2.02. The van der Waals surface area contributed by atoms with Crippen LogP contribution in [0.3, 0.4) is 0 Å². The minimum Gasteiger partial charge on any atom is -0.416 e. The van der Waals surface area contributed by atoms with E-state index in [1.165, 1.54) is 17.0 Å². The van der Waals surface area contributed by atoms with E-state index in [9.17, 15) is 18.0 Å². The summed E-state index contributed by atoms with van der Waals surface area (Å²) in [4.78, 5) is 19.0. The van der Waals surface area contributed by atoms with Crippen LogP contribution in [-0.4, -0.2) is 11.9 Å². The highest BCUT2D eigenvalue weighted by molar-refractivity contribution is 6.06. The minimum atomic E-state index is -4.41. The maximum Gasteiger partial charge on any atom is 0.416 e. The highest BCUT2D eigenvalue weighted by Gasteiger charge is 2.31. The number of hydrogen-bond donors (Lipinski definition) is 1. The molecule has 24 heavy (non-hydrogen) atoms. The number of amides is 1. The summed E-state index contributed by atoms with van der Waals surface area (Å²) in [7, 11) is 0. The Labute approximate surface area is 140 Å². The normalized spacial score (nSPS) is 12.9. The molecule has 1 amide bonds. The fourth-order valence-corrected chi connectivity index (χ4v) is 2.36. The van der Waals surface area contributed by atoms with Gasteiger partial charge in [-0.25, -0.2) is 0 Å². The fraction of sp³-hybridized carbons (Fsp3) is 0.471. The molecule has 7 heteroatoms. The number of nitrogens with zero attached hydrogens (tertiary/aromatic N) is 1. The van der Waals surface area contributed by atoms with Gasteiger partial charge in [-0.2, -0.15) is 19.1 Å². The molecule has 1 rings (SSSR count). The van der Waals surface area contributed by atoms with Gasteiger partial charge in [0.25, 0.3) is 5.91 Å². The van der Waals surface area contributed by atoms with Crippen LogP contribution in [0.5, 0.6) is 0 Å². The van der Waals surface area contributed by atoms with Crippen molar-refractivity contribution in [1.82, 2.24) is 0 Å². The molecule has 0 radical (unpaired) electrons. The largest absolute Gasteiger partial charge is 0.416 e. The zero-order valence-corrected chi connectivity index (χ0v) is 14.3. The van der Waals surface area contributed by atoms with Gasteiger partial charge in [0.05, 0.1) is 11.1 Å². The van der Waals surface area contributed by atoms with Crippen molar-refractivity contribution in [3.63, 3.8) is 0 Å². The fourth-order valence-electron chi connectivity index (χ4n) is 2.36. The molecular formula is C17H23F3N2O2. The van der Waals surface area contributed by atoms with Crippen LogP contribution in [0.15, 0.2) is 35.6 Å². The van der Waals surface area contributed by atoms with Crippen molar-refractivity contribution < 1.29 is 22.8 Å². The Kier molecular flexibility index (Phi) is 6.83. The number of carbonyl (C=O) groups excluding carboxylic acids is 1. The molecule has 0 heterocycles. The molecular weight excluding hydrogens is 321 g/mol. The lowest BCUT2D eigenvalue weighted by atomic mass is 10.1. The van der Waals surface area contributed by atoms with Gasteiger partial charge in [0.2, 0.25) is 0 Å². The van der Waals surface area contributed by atoms with Crippen LogP contribution in [0.1, 0.15) is 46.1 Å². The van der Waals surface area contributed by atoms with Crippen LogP contribution in [0, 0.1) is 0 Å². The zero-order valence-electron chi connectivity index (χ0n) is 14.3. The number of allylic oxidation sites excluding steroid dienone is 1. The lowest BCUT2D eigenvalue weighted by Crippen LogP contribution is -2.38. The summed E-state index contributed by atoms with van der Waals surface area (Å²) >= 11 is 0. The van der Waals surface area contributed by atoms with Crippen molar-refractivity contribution in [2.75, 3.05) is 4.90 Å². The van der Waals surface area contributed by atoms with E-state index in [2.05, 4.69) is 0 Å². The summed E-state index contributed by atoms with van der Waals surface area (Å²) in [5.41, 5.74) is 0.0447. The SMILES string of the molecule is CCC/C(C(=O)N(c1ccc(C(F)(F)F)cc1)C(C)C)=C(/C)ON. The smallest absolute Gasteiger partial charge is 0.416 e. The topological polar surface area (TPSA) is 55.6 Å². The second-order valence-corrected chi connectivity index (χ2v) is 5.72. The molecule has 0 atom stereocenters. The summed E-state index contributed by atoms with van der Waals surface area (Å²) in [6.45, 7) is 7.08. The standard InChI is InChI=1S/C17H23F3N2O2/c1-5-6-15(12(4)24-21)16(23)22(11(2)3)14-9-7-13(8-10-14)17(18,19)20/h7-11H,5-6,21H2,1-4H3/b15-12+. The van der Waals surface area contributed by atoms with Gasteiger partial charge in [-0.1, -0.05) is 13.3 Å². The average molecular weight is 344 g/mol. The predicted molar refractivity (Wildman–Crippen MR) is 86.9 cm³/mol. The first-order valence-electron chi connectivity index (χ1n) is 7.70. The number of alkyl halides is 3. The number of carbonyl (C=O) groups is 1. The molecule has 0 aliphatic heterocycles. The zero-order chi connectivity index (χ0) is 18.5. The molecule has 0 aliphatic rings. The van der Waals surface area contributed by atoms with Gasteiger partial charge in [-0.3, -0.25) is 4.79 Å². The van der Waals surface area contributed by atoms with E-state index >= 15 is 0 Å². The second-order valence-electron chi connectivity index (χ2n) is 5.72. The first-order valence-corrected chi connectivity index (χ1v) is 7.70. The van der Waals surface area contributed by atoms with Crippen LogP contribution in [0.2, 0.25) is 0 Å². The number of anilines is 1. The molecule has 1 aromatic rings. The molecule has 0 bridgehead atoms. The summed E-state index contributed by atoms with van der Waals surface area (Å²) in [5.74, 6) is 5.15. The third-order valence-corrected chi connectivity index (χ3v) is 3.57. The Bertz CT molecular complexity index is 593. The number of benzene rings is 1. The van der Waals surface area contributed by atoms with E-state index in [0.717, 1.165) is 12.1 Å². The average Bonchev–Trinajstić information content (AvgIpc) is 2.51. The molecule has 134 valence electrons. The molecule has 0 saturated carbocycles. The lowest BCUT2D eigenvalue weighted by Gasteiger charge is -2.28. The molecule has 4 nitrogen and oxygen atoms in total. The molecule has 0 spiro atoms. The summed E-state index contributed by atoms with van der Waals surface area (Å²) in [5, 5.41) is 0. The molecule has 0 unspecified atom stereocenters. The van der Waals surface area contributed by atoms with Crippen LogP contribution in [0.25, 0.3) is 0 Å². The molecule has 0 fully saturated rings. The second kappa shape index (κ2) is 8.19. The maximum atomic E-state index is 12.9. The van der Waals surface area contributed by atoms with E-state index < -0.39 is 11.7 Å². The van der Waals surface area contributed by atoms with Crippen molar-refractivity contribution in [2.45, 2.75) is 52.8 Å². The minimum absolute atomic E-state index is 0.244. The maximum absolute atomic E-state index is 12.9. The number of hydrogen-bond acceptors (Lipinski definition) is 3. The quantitative estimate of drug-likeness (QED) is 0.472. The first kappa shape index (κ1) is 20.0. The molecule has 1 aromatic carbocycles. The first-order chi connectivity index (χ1) is 11.1. The van der Waals surface area contributed by atoms with Gasteiger partial charge in [0, 0.05) is 11.7 Å². The summed E-state index contributed by atoms with van der Waals surface area (Å²) < 4.78 is 38.1. The van der Waals surface area contributed by atoms with Gasteiger partial charge >= 0.3 is 6.18 Å². The molecule has 0 aromatic heterocycles. The predicted octanol–water partition coefficient (Wildman–Crippen LogP) is 4.41. The Morgan fingerprint density at radius 2 is 1.79 bits per heavy atom. The van der Waals surface area contributed by atoms with Crippen molar-refractivity contribution >= 4 is 11.6 Å². The van der Waals surface area contributed by atoms with Gasteiger partial charge < -0.3 is 9.74 Å². The van der Waals surface area contributed by atoms with Crippen molar-refractivity contribution in [1.29, 1.82) is 0 Å². The van der Waals surface area contributed by atoms with Crippen LogP contribution >= 0.6 is 0 Å². The molecule has 0 aliphatic carbocycles. The third kappa shape index (κ3) is 4.74. The Morgan fingerprint density at radius 3 is 2.17 bits per heavy atom. The Morgan fingerprint density at radius 1 is 1.25 bits per heavy atom. The molecule has 2 N–H and O–H groups in total. The van der Waals surface area contributed by atoms with Gasteiger partial charge in [0.15, 0.2) is 0 Å². The number of halogens is 3. The van der Waals surface area contributed by atoms with E-state index in [0.29, 0.717) is 29.9 Å². The highest BCUT2D eigenvalue weighted by atomic mass is 19.4. The Balaban J connectivity index is 3.26. The summed E-state index contributed by atoms with van der Waals surface area (Å²) in [6, 6.07) is 4.28.